The van der Waals surface area contributed by atoms with E-state index < -0.39 is 6.09 Å². The number of hydrogen-bond donors (Lipinski definition) is 0. The fraction of sp³-hybridized carbons (Fsp3) is 0.400. The van der Waals surface area contributed by atoms with Crippen molar-refractivity contribution >= 4 is 23.5 Å². The van der Waals surface area contributed by atoms with Gasteiger partial charge in [-0.25, -0.2) is 16.3 Å². The van der Waals surface area contributed by atoms with Crippen LogP contribution in [0.5, 0.6) is 0 Å². The molecule has 1 fully saturated rings. The molecule has 8 heteroatoms. The minimum Gasteiger partial charge on any atom is -0.444 e. The fourth-order valence-electron chi connectivity index (χ4n) is 3.26. The summed E-state index contributed by atoms with van der Waals surface area (Å²) in [6.07, 6.45) is 1.22. The molecule has 28 heavy (non-hydrogen) atoms. The molecule has 1 saturated heterocycles. The molecular weight excluding hydrogens is 378 g/mol. The van der Waals surface area contributed by atoms with Crippen molar-refractivity contribution in [1.82, 2.24) is 15.1 Å². The maximum absolute atomic E-state index is 13.0. The first kappa shape index (κ1) is 20.1. The van der Waals surface area contributed by atoms with Crippen LogP contribution in [0.2, 0.25) is 5.15 Å². The Morgan fingerprint density at radius 1 is 1.39 bits per heavy atom. The zero-order valence-electron chi connectivity index (χ0n) is 15.7. The topological polar surface area (TPSA) is 62.9 Å². The number of anilines is 1. The maximum atomic E-state index is 13.0. The van der Waals surface area contributed by atoms with Crippen LogP contribution in [0.3, 0.4) is 0 Å². The molecule has 0 N–H and O–H groups in total. The third-order valence-corrected chi connectivity index (χ3v) is 5.05. The first-order valence-corrected chi connectivity index (χ1v) is 9.51. The van der Waals surface area contributed by atoms with Crippen LogP contribution in [-0.2, 0) is 11.3 Å². The van der Waals surface area contributed by atoms with Gasteiger partial charge < -0.3 is 4.74 Å². The van der Waals surface area contributed by atoms with Gasteiger partial charge in [0, 0.05) is 13.1 Å². The number of ether oxygens (including phenoxy) is 1. The molecule has 1 aliphatic rings. The third kappa shape index (κ3) is 4.97. The van der Waals surface area contributed by atoms with E-state index in [9.17, 15) is 4.79 Å². The molecule has 146 valence electrons. The lowest BCUT2D eigenvalue weighted by atomic mass is 10.0. The van der Waals surface area contributed by atoms with Crippen molar-refractivity contribution in [2.75, 3.05) is 24.7 Å². The Hall–Kier alpha value is -2.69. The molecule has 0 saturated carbocycles. The quantitative estimate of drug-likeness (QED) is 0.713. The third-order valence-electron chi connectivity index (χ3n) is 4.68. The van der Waals surface area contributed by atoms with Crippen molar-refractivity contribution in [2.24, 2.45) is 0 Å². The second-order valence-corrected chi connectivity index (χ2v) is 7.12. The molecule has 0 aliphatic carbocycles. The number of rotatable bonds is 5. The number of amides is 1. The van der Waals surface area contributed by atoms with Gasteiger partial charge >= 0.3 is 6.09 Å². The van der Waals surface area contributed by atoms with E-state index in [-0.39, 0.29) is 12.6 Å². The Morgan fingerprint density at radius 3 is 2.89 bits per heavy atom. The second kappa shape index (κ2) is 9.49. The molecule has 2 heterocycles. The average molecular weight is 400 g/mol. The van der Waals surface area contributed by atoms with Gasteiger partial charge in [-0.3, -0.25) is 9.74 Å². The number of piperidine rings is 1. The summed E-state index contributed by atoms with van der Waals surface area (Å²) in [5.41, 5.74) is 1.65. The van der Waals surface area contributed by atoms with Crippen LogP contribution in [-0.4, -0.2) is 47.0 Å². The highest BCUT2D eigenvalue weighted by Gasteiger charge is 2.33. The van der Waals surface area contributed by atoms with Gasteiger partial charge in [-0.2, -0.15) is 0 Å². The summed E-state index contributed by atoms with van der Waals surface area (Å²) in [7, 11) is 0. The number of halogens is 1. The Kier molecular flexibility index (Phi) is 6.80. The maximum Gasteiger partial charge on any atom is 0.416 e. The smallest absolute Gasteiger partial charge is 0.416 e. The minimum absolute atomic E-state index is 0.145. The van der Waals surface area contributed by atoms with Crippen molar-refractivity contribution in [1.29, 1.82) is 0 Å². The molecule has 1 atom stereocenters. The molecule has 1 amide bonds. The number of aromatic nitrogens is 2. The Bertz CT molecular complexity index is 855. The van der Waals surface area contributed by atoms with Gasteiger partial charge in [0.25, 0.3) is 6.67 Å². The molecule has 7 nitrogen and oxygen atoms in total. The number of aryl methyl sites for hydroxylation is 1. The van der Waals surface area contributed by atoms with E-state index in [0.29, 0.717) is 24.2 Å². The monoisotopic (exact) mass is 399 g/mol. The molecule has 1 aromatic carbocycles. The van der Waals surface area contributed by atoms with Gasteiger partial charge in [0.05, 0.1) is 6.04 Å². The lowest BCUT2D eigenvalue weighted by molar-refractivity contribution is 0.137. The van der Waals surface area contributed by atoms with Gasteiger partial charge in [0.15, 0.2) is 11.0 Å². The number of likely N-dealkylation sites (tertiary alicyclic amines) is 1. The predicted octanol–water partition coefficient (Wildman–Crippen LogP) is 3.92. The summed E-state index contributed by atoms with van der Waals surface area (Å²) in [6, 6.07) is 11.1. The Labute approximate surface area is 169 Å². The van der Waals surface area contributed by atoms with Gasteiger partial charge in [-0.1, -0.05) is 41.9 Å². The highest BCUT2D eigenvalue weighted by atomic mass is 35.5. The summed E-state index contributed by atoms with van der Waals surface area (Å²) in [5, 5.41) is 8.39. The van der Waals surface area contributed by atoms with Gasteiger partial charge in [0.2, 0.25) is 0 Å². The predicted molar refractivity (Wildman–Crippen MR) is 107 cm³/mol. The van der Waals surface area contributed by atoms with Crippen LogP contribution in [0.1, 0.15) is 24.0 Å². The van der Waals surface area contributed by atoms with Crippen molar-refractivity contribution in [3.05, 3.63) is 64.1 Å². The SMILES string of the molecule is [C-]#[N+]CN1CCC[C@@H](N(C(=O)OCc2ccccc2)c2cc(C)c(Cl)nn2)C1. The largest absolute Gasteiger partial charge is 0.444 e. The summed E-state index contributed by atoms with van der Waals surface area (Å²) >= 11 is 6.01. The summed E-state index contributed by atoms with van der Waals surface area (Å²) in [5.74, 6) is 0.412. The zero-order valence-corrected chi connectivity index (χ0v) is 16.5. The van der Waals surface area contributed by atoms with Crippen molar-refractivity contribution in [2.45, 2.75) is 32.4 Å². The summed E-state index contributed by atoms with van der Waals surface area (Å²) < 4.78 is 5.57. The highest BCUT2D eigenvalue weighted by molar-refractivity contribution is 6.30. The lowest BCUT2D eigenvalue weighted by Crippen LogP contribution is -2.51. The molecule has 2 aromatic rings. The summed E-state index contributed by atoms with van der Waals surface area (Å²) in [4.78, 5) is 20.1. The van der Waals surface area contributed by atoms with Gasteiger partial charge in [0.1, 0.15) is 6.61 Å². The number of benzene rings is 1. The average Bonchev–Trinajstić information content (AvgIpc) is 2.71. The summed E-state index contributed by atoms with van der Waals surface area (Å²) in [6.45, 7) is 10.9. The van der Waals surface area contributed by atoms with Crippen LogP contribution in [0.15, 0.2) is 36.4 Å². The molecule has 3 rings (SSSR count). The van der Waals surface area contributed by atoms with Crippen LogP contribution in [0.4, 0.5) is 10.6 Å². The van der Waals surface area contributed by atoms with Crippen molar-refractivity contribution in [3.63, 3.8) is 0 Å². The lowest BCUT2D eigenvalue weighted by Gasteiger charge is -2.36. The number of carbonyl (C=O) groups excluding carboxylic acids is 1. The van der Waals surface area contributed by atoms with Gasteiger partial charge in [-0.05, 0) is 37.0 Å². The molecule has 1 aliphatic heterocycles. The molecule has 0 unspecified atom stereocenters. The van der Waals surface area contributed by atoms with Crippen LogP contribution in [0.25, 0.3) is 4.85 Å². The minimum atomic E-state index is -0.477. The second-order valence-electron chi connectivity index (χ2n) is 6.76. The van der Waals surface area contributed by atoms with E-state index in [1.807, 2.05) is 42.2 Å². The number of nitrogens with zero attached hydrogens (tertiary/aromatic N) is 5. The number of hydrogen-bond acceptors (Lipinski definition) is 5. The Morgan fingerprint density at radius 2 is 2.18 bits per heavy atom. The van der Waals surface area contributed by atoms with E-state index in [4.69, 9.17) is 22.9 Å². The molecular formula is C20H22ClN5O2. The van der Waals surface area contributed by atoms with E-state index in [0.717, 1.165) is 30.5 Å². The molecule has 1 aromatic heterocycles. The first-order valence-electron chi connectivity index (χ1n) is 9.14. The number of carbonyl (C=O) groups is 1. The van der Waals surface area contributed by atoms with Crippen LogP contribution >= 0.6 is 11.6 Å². The van der Waals surface area contributed by atoms with Gasteiger partial charge in [-0.15, -0.1) is 10.2 Å². The van der Waals surface area contributed by atoms with Crippen LogP contribution < -0.4 is 4.90 Å². The first-order chi connectivity index (χ1) is 13.6. The standard InChI is InChI=1S/C20H22ClN5O2/c1-15-11-18(23-24-19(15)21)26(17-9-6-10-25(12-17)14-22-2)20(27)28-13-16-7-4-3-5-8-16/h3-5,7-8,11,17H,6,9-10,12-14H2,1H3/t17-/m1/s1. The van der Waals surface area contributed by atoms with E-state index in [1.54, 1.807) is 11.0 Å². The van der Waals surface area contributed by atoms with Crippen molar-refractivity contribution < 1.29 is 9.53 Å². The van der Waals surface area contributed by atoms with E-state index >= 15 is 0 Å². The van der Waals surface area contributed by atoms with E-state index in [2.05, 4.69) is 15.0 Å². The normalized spacial score (nSPS) is 17.0. The van der Waals surface area contributed by atoms with E-state index in [1.165, 1.54) is 0 Å². The fourth-order valence-corrected chi connectivity index (χ4v) is 3.35. The molecule has 0 radical (unpaired) electrons. The molecule has 0 bridgehead atoms. The highest BCUT2D eigenvalue weighted by Crippen LogP contribution is 2.25. The molecule has 0 spiro atoms. The van der Waals surface area contributed by atoms with Crippen LogP contribution in [0, 0.1) is 13.5 Å². The Balaban J connectivity index is 1.82. The zero-order chi connectivity index (χ0) is 19.9. The van der Waals surface area contributed by atoms with Crippen molar-refractivity contribution in [3.8, 4) is 0 Å².